The van der Waals surface area contributed by atoms with Gasteiger partial charge >= 0.3 is 0 Å². The third-order valence-corrected chi connectivity index (χ3v) is 5.07. The number of methoxy groups -OCH3 is 2. The predicted molar refractivity (Wildman–Crippen MR) is 127 cm³/mol. The molecule has 0 saturated heterocycles. The van der Waals surface area contributed by atoms with Gasteiger partial charge in [-0.2, -0.15) is 0 Å². The Kier molecular flexibility index (Phi) is 6.37. The lowest BCUT2D eigenvalue weighted by Crippen LogP contribution is -2.05. The molecule has 4 rings (SSSR count). The van der Waals surface area contributed by atoms with Crippen LogP contribution in [0.3, 0.4) is 0 Å². The van der Waals surface area contributed by atoms with Crippen molar-refractivity contribution in [2.24, 2.45) is 4.99 Å². The van der Waals surface area contributed by atoms with Crippen molar-refractivity contribution in [1.82, 2.24) is 0 Å². The van der Waals surface area contributed by atoms with Crippen molar-refractivity contribution in [2.75, 3.05) is 14.2 Å². The molecule has 0 aliphatic carbocycles. The molecule has 0 spiro atoms. The zero-order chi connectivity index (χ0) is 22.7. The molecule has 0 unspecified atom stereocenters. The summed E-state index contributed by atoms with van der Waals surface area (Å²) in [7, 11) is 3.21. The predicted octanol–water partition coefficient (Wildman–Crippen LogP) is 6.79. The molecule has 3 aromatic carbocycles. The lowest BCUT2D eigenvalue weighted by atomic mass is 10.1. The van der Waals surface area contributed by atoms with E-state index in [1.807, 2.05) is 74.5 Å². The summed E-state index contributed by atoms with van der Waals surface area (Å²) in [5.41, 5.74) is 2.32. The highest BCUT2D eigenvalue weighted by molar-refractivity contribution is 6.31. The number of benzene rings is 3. The first-order valence-corrected chi connectivity index (χ1v) is 10.6. The van der Waals surface area contributed by atoms with Gasteiger partial charge in [0.25, 0.3) is 0 Å². The summed E-state index contributed by atoms with van der Waals surface area (Å²) >= 11 is 6.26. The number of hydrogen-bond donors (Lipinski definition) is 0. The van der Waals surface area contributed by atoms with Crippen LogP contribution in [-0.4, -0.2) is 20.3 Å². The minimum absolute atomic E-state index is 0.114. The first-order valence-electron chi connectivity index (χ1n) is 10.2. The van der Waals surface area contributed by atoms with Crippen LogP contribution in [0.5, 0.6) is 17.2 Å². The third kappa shape index (κ3) is 4.73. The molecule has 0 saturated carbocycles. The smallest absolute Gasteiger partial charge is 0.161 e. The molecular formula is C26H24ClNO4. The molecule has 1 heterocycles. The Bertz CT molecular complexity index is 1310. The molecule has 0 atom stereocenters. The molecule has 0 aliphatic heterocycles. The van der Waals surface area contributed by atoms with E-state index in [1.54, 1.807) is 20.3 Å². The van der Waals surface area contributed by atoms with E-state index in [2.05, 4.69) is 0 Å². The molecule has 0 N–H and O–H groups in total. The molecule has 32 heavy (non-hydrogen) atoms. The highest BCUT2D eigenvalue weighted by atomic mass is 35.5. The normalized spacial score (nSPS) is 11.8. The summed E-state index contributed by atoms with van der Waals surface area (Å²) < 4.78 is 22.7. The van der Waals surface area contributed by atoms with Crippen LogP contribution < -0.4 is 19.6 Å². The van der Waals surface area contributed by atoms with Gasteiger partial charge in [0, 0.05) is 22.0 Å². The largest absolute Gasteiger partial charge is 0.493 e. The second-order valence-corrected chi connectivity index (χ2v) is 7.91. The van der Waals surface area contributed by atoms with E-state index in [0.717, 1.165) is 27.7 Å². The van der Waals surface area contributed by atoms with E-state index in [9.17, 15) is 0 Å². The van der Waals surface area contributed by atoms with Gasteiger partial charge in [0.2, 0.25) is 0 Å². The topological polar surface area (TPSA) is 53.2 Å². The average Bonchev–Trinajstić information content (AvgIpc) is 2.79. The zero-order valence-corrected chi connectivity index (χ0v) is 19.1. The molecule has 6 heteroatoms. The van der Waals surface area contributed by atoms with Crippen molar-refractivity contribution in [3.63, 3.8) is 0 Å². The highest BCUT2D eigenvalue weighted by Crippen LogP contribution is 2.33. The van der Waals surface area contributed by atoms with E-state index >= 15 is 0 Å². The van der Waals surface area contributed by atoms with Crippen LogP contribution in [0.2, 0.25) is 5.02 Å². The third-order valence-electron chi connectivity index (χ3n) is 4.83. The highest BCUT2D eigenvalue weighted by Gasteiger charge is 2.11. The number of ether oxygens (including phenoxy) is 3. The summed E-state index contributed by atoms with van der Waals surface area (Å²) in [6.45, 7) is 3.99. The monoisotopic (exact) mass is 449 g/mol. The summed E-state index contributed by atoms with van der Waals surface area (Å²) in [6.07, 6.45) is 0.114. The average molecular weight is 450 g/mol. The van der Waals surface area contributed by atoms with Crippen LogP contribution in [0.4, 0.5) is 5.69 Å². The van der Waals surface area contributed by atoms with Gasteiger partial charge in [0.15, 0.2) is 11.5 Å². The molecule has 0 amide bonds. The summed E-state index contributed by atoms with van der Waals surface area (Å²) in [5, 5.41) is 2.18. The Balaban J connectivity index is 1.86. The number of hydrogen-bond acceptors (Lipinski definition) is 5. The van der Waals surface area contributed by atoms with Crippen LogP contribution in [0.25, 0.3) is 22.3 Å². The van der Waals surface area contributed by atoms with Crippen molar-refractivity contribution in [2.45, 2.75) is 20.0 Å². The van der Waals surface area contributed by atoms with Crippen LogP contribution in [0, 0.1) is 0 Å². The van der Waals surface area contributed by atoms with Gasteiger partial charge in [-0.1, -0.05) is 11.6 Å². The van der Waals surface area contributed by atoms with Crippen LogP contribution in [-0.2, 0) is 0 Å². The molecule has 164 valence electrons. The van der Waals surface area contributed by atoms with Gasteiger partial charge in [0.05, 0.1) is 31.4 Å². The number of nitrogens with zero attached hydrogens (tertiary/aromatic N) is 1. The van der Waals surface area contributed by atoms with Crippen molar-refractivity contribution in [3.05, 3.63) is 77.1 Å². The molecule has 1 aromatic heterocycles. The van der Waals surface area contributed by atoms with Crippen LogP contribution in [0.15, 0.2) is 76.1 Å². The Morgan fingerprint density at radius 2 is 1.59 bits per heavy atom. The van der Waals surface area contributed by atoms with Crippen LogP contribution in [0.1, 0.15) is 13.8 Å². The molecule has 0 bridgehead atoms. The lowest BCUT2D eigenvalue weighted by molar-refractivity contribution is 0.242. The standard InChI is InChI=1S/C26H24ClNO4/c1-16(2)31-20-9-7-19(8-10-20)28-22-15-25(32-23-12-6-18(27)14-21(22)23)17-5-11-24(29-3)26(13-17)30-4/h5-16H,1-4H3. The fraction of sp³-hybridized carbons (Fsp3) is 0.192. The maximum atomic E-state index is 6.26. The molecule has 0 radical (unpaired) electrons. The Labute approximate surface area is 191 Å². The van der Waals surface area contributed by atoms with E-state index < -0.39 is 0 Å². The van der Waals surface area contributed by atoms with Gasteiger partial charge in [0.1, 0.15) is 17.1 Å². The van der Waals surface area contributed by atoms with Gasteiger partial charge in [-0.3, -0.25) is 0 Å². The molecule has 4 aromatic rings. The van der Waals surface area contributed by atoms with E-state index in [0.29, 0.717) is 27.9 Å². The summed E-state index contributed by atoms with van der Waals surface area (Å²) in [6, 6.07) is 20.7. The zero-order valence-electron chi connectivity index (χ0n) is 18.4. The quantitative estimate of drug-likeness (QED) is 0.325. The Morgan fingerprint density at radius 1 is 0.844 bits per heavy atom. The second-order valence-electron chi connectivity index (χ2n) is 7.48. The van der Waals surface area contributed by atoms with Crippen molar-refractivity contribution in [3.8, 4) is 28.6 Å². The first kappa shape index (κ1) is 21.8. The maximum absolute atomic E-state index is 6.26. The summed E-state index contributed by atoms with van der Waals surface area (Å²) in [4.78, 5) is 4.86. The first-order chi connectivity index (χ1) is 15.5. The number of rotatable bonds is 6. The second kappa shape index (κ2) is 9.37. The van der Waals surface area contributed by atoms with Crippen molar-refractivity contribution >= 4 is 28.3 Å². The fourth-order valence-corrected chi connectivity index (χ4v) is 3.55. The number of halogens is 1. The minimum atomic E-state index is 0.114. The van der Waals surface area contributed by atoms with Gasteiger partial charge < -0.3 is 18.6 Å². The van der Waals surface area contributed by atoms with Gasteiger partial charge in [-0.05, 0) is 74.5 Å². The van der Waals surface area contributed by atoms with Crippen LogP contribution >= 0.6 is 11.6 Å². The SMILES string of the molecule is COc1ccc(-c2cc(=Nc3ccc(OC(C)C)cc3)c3cc(Cl)ccc3o2)cc1OC. The molecular weight excluding hydrogens is 426 g/mol. The summed E-state index contributed by atoms with van der Waals surface area (Å²) in [5.74, 6) is 2.73. The minimum Gasteiger partial charge on any atom is -0.493 e. The van der Waals surface area contributed by atoms with E-state index in [-0.39, 0.29) is 6.10 Å². The Hall–Kier alpha value is -3.44. The Morgan fingerprint density at radius 3 is 2.28 bits per heavy atom. The molecule has 5 nitrogen and oxygen atoms in total. The van der Waals surface area contributed by atoms with Gasteiger partial charge in [-0.25, -0.2) is 4.99 Å². The molecule has 0 aliphatic rings. The fourth-order valence-electron chi connectivity index (χ4n) is 3.38. The number of fused-ring (bicyclic) bond motifs is 1. The van der Waals surface area contributed by atoms with Crippen molar-refractivity contribution < 1.29 is 18.6 Å². The van der Waals surface area contributed by atoms with Gasteiger partial charge in [-0.15, -0.1) is 0 Å². The van der Waals surface area contributed by atoms with E-state index in [1.165, 1.54) is 0 Å². The maximum Gasteiger partial charge on any atom is 0.161 e. The van der Waals surface area contributed by atoms with E-state index in [4.69, 9.17) is 35.2 Å². The molecule has 0 fully saturated rings. The lowest BCUT2D eigenvalue weighted by Gasteiger charge is -2.10. The van der Waals surface area contributed by atoms with Crippen molar-refractivity contribution in [1.29, 1.82) is 0 Å².